The van der Waals surface area contributed by atoms with Crippen LogP contribution in [0.25, 0.3) is 10.9 Å². The van der Waals surface area contributed by atoms with Gasteiger partial charge in [-0.15, -0.1) is 0 Å². The van der Waals surface area contributed by atoms with Crippen molar-refractivity contribution in [3.63, 3.8) is 0 Å². The van der Waals surface area contributed by atoms with Crippen LogP contribution in [-0.4, -0.2) is 48.8 Å². The maximum Gasteiger partial charge on any atom is 0.328 e. The molecule has 0 fully saturated rings. The topological polar surface area (TPSA) is 111 Å². The average molecular weight is 521 g/mol. The Morgan fingerprint density at radius 2 is 1.83 bits per heavy atom. The van der Waals surface area contributed by atoms with Crippen LogP contribution in [0, 0.1) is 0 Å². The molecular formula is C24H26Cl2N4O5. The molecule has 0 saturated carbocycles. The molecule has 3 amide bonds. The van der Waals surface area contributed by atoms with Crippen LogP contribution in [0.5, 0.6) is 5.75 Å². The highest BCUT2D eigenvalue weighted by Crippen LogP contribution is 2.30. The Morgan fingerprint density at radius 1 is 1.06 bits per heavy atom. The van der Waals surface area contributed by atoms with E-state index >= 15 is 0 Å². The Bertz CT molecular complexity index is 1240. The number of carbonyl (C=O) groups excluding carboxylic acids is 3. The van der Waals surface area contributed by atoms with Crippen molar-refractivity contribution in [2.24, 2.45) is 0 Å². The molecule has 0 aliphatic heterocycles. The van der Waals surface area contributed by atoms with E-state index in [1.54, 1.807) is 36.4 Å². The van der Waals surface area contributed by atoms with E-state index in [0.717, 1.165) is 0 Å². The lowest BCUT2D eigenvalue weighted by Crippen LogP contribution is -2.40. The quantitative estimate of drug-likeness (QED) is 0.289. The summed E-state index contributed by atoms with van der Waals surface area (Å²) in [4.78, 5) is 38.2. The molecule has 9 nitrogen and oxygen atoms in total. The zero-order valence-corrected chi connectivity index (χ0v) is 21.0. The van der Waals surface area contributed by atoms with Crippen molar-refractivity contribution in [2.75, 3.05) is 31.0 Å². The summed E-state index contributed by atoms with van der Waals surface area (Å²) >= 11 is 12.1. The van der Waals surface area contributed by atoms with E-state index < -0.39 is 17.7 Å². The molecule has 3 rings (SSSR count). The van der Waals surface area contributed by atoms with E-state index in [0.29, 0.717) is 40.4 Å². The van der Waals surface area contributed by atoms with E-state index in [4.69, 9.17) is 32.7 Å². The van der Waals surface area contributed by atoms with Crippen LogP contribution in [0.4, 0.5) is 5.69 Å². The lowest BCUT2D eigenvalue weighted by atomic mass is 10.2. The summed E-state index contributed by atoms with van der Waals surface area (Å²) in [6, 6.07) is 11.4. The molecule has 11 heteroatoms. The first-order chi connectivity index (χ1) is 16.7. The number of hydrogen-bond acceptors (Lipinski definition) is 5. The molecule has 3 N–H and O–H groups in total. The number of amides is 3. The molecule has 0 aliphatic carbocycles. The van der Waals surface area contributed by atoms with Crippen molar-refractivity contribution in [3.05, 3.63) is 58.2 Å². The number of methoxy groups -OCH3 is 1. The number of halogens is 2. The van der Waals surface area contributed by atoms with E-state index in [2.05, 4.69) is 16.1 Å². The highest BCUT2D eigenvalue weighted by atomic mass is 35.5. The van der Waals surface area contributed by atoms with Crippen LogP contribution in [0.15, 0.2) is 42.5 Å². The summed E-state index contributed by atoms with van der Waals surface area (Å²) in [6.07, 6.45) is 0.630. The smallest absolute Gasteiger partial charge is 0.328 e. The SMILES string of the molecule is COc1cccc2cc(C(=O)Nc3ccc(Cl)cc3Cl)n(NC(=O)C(=O)NCCCOC(C)C)c12. The normalized spacial score (nSPS) is 10.9. The number of para-hydroxylation sites is 1. The Morgan fingerprint density at radius 3 is 2.51 bits per heavy atom. The predicted molar refractivity (Wildman–Crippen MR) is 136 cm³/mol. The number of nitrogens with zero attached hydrogens (tertiary/aromatic N) is 1. The largest absolute Gasteiger partial charge is 0.494 e. The van der Waals surface area contributed by atoms with E-state index in [1.165, 1.54) is 17.9 Å². The van der Waals surface area contributed by atoms with Gasteiger partial charge in [0.2, 0.25) is 0 Å². The molecule has 0 aliphatic rings. The van der Waals surface area contributed by atoms with Gasteiger partial charge >= 0.3 is 11.8 Å². The minimum absolute atomic E-state index is 0.0574. The van der Waals surface area contributed by atoms with Crippen molar-refractivity contribution >= 4 is 57.5 Å². The Kier molecular flexibility index (Phi) is 8.97. The molecule has 0 unspecified atom stereocenters. The van der Waals surface area contributed by atoms with Crippen LogP contribution < -0.4 is 20.8 Å². The summed E-state index contributed by atoms with van der Waals surface area (Å²) in [7, 11) is 1.47. The van der Waals surface area contributed by atoms with Gasteiger partial charge in [0.25, 0.3) is 5.91 Å². The maximum atomic E-state index is 13.2. The Balaban J connectivity index is 1.84. The average Bonchev–Trinajstić information content (AvgIpc) is 3.18. The van der Waals surface area contributed by atoms with Gasteiger partial charge in [0, 0.05) is 23.6 Å². The van der Waals surface area contributed by atoms with Crippen molar-refractivity contribution in [2.45, 2.75) is 26.4 Å². The number of anilines is 1. The molecule has 0 saturated heterocycles. The number of aromatic nitrogens is 1. The van der Waals surface area contributed by atoms with Crippen LogP contribution >= 0.6 is 23.2 Å². The van der Waals surface area contributed by atoms with Gasteiger partial charge in [-0.25, -0.2) is 4.68 Å². The molecule has 0 radical (unpaired) electrons. The second-order valence-electron chi connectivity index (χ2n) is 7.81. The first kappa shape index (κ1) is 26.3. The Hall–Kier alpha value is -3.27. The predicted octanol–water partition coefficient (Wildman–Crippen LogP) is 4.21. The van der Waals surface area contributed by atoms with Crippen molar-refractivity contribution in [1.82, 2.24) is 9.99 Å². The Labute approximate surface area is 212 Å². The van der Waals surface area contributed by atoms with Crippen LogP contribution in [0.3, 0.4) is 0 Å². The van der Waals surface area contributed by atoms with Crippen molar-refractivity contribution in [1.29, 1.82) is 0 Å². The number of benzene rings is 2. The fraction of sp³-hybridized carbons (Fsp3) is 0.292. The fourth-order valence-corrected chi connectivity index (χ4v) is 3.73. The summed E-state index contributed by atoms with van der Waals surface area (Å²) in [6.45, 7) is 4.54. The fourth-order valence-electron chi connectivity index (χ4n) is 3.28. The molecule has 3 aromatic rings. The summed E-state index contributed by atoms with van der Waals surface area (Å²) < 4.78 is 12.0. The molecule has 0 atom stereocenters. The molecule has 2 aromatic carbocycles. The highest BCUT2D eigenvalue weighted by Gasteiger charge is 2.23. The third-order valence-electron chi connectivity index (χ3n) is 4.90. The highest BCUT2D eigenvalue weighted by molar-refractivity contribution is 6.38. The number of rotatable bonds is 9. The molecular weight excluding hydrogens is 495 g/mol. The lowest BCUT2D eigenvalue weighted by Gasteiger charge is -2.14. The summed E-state index contributed by atoms with van der Waals surface area (Å²) in [5.41, 5.74) is 3.30. The second-order valence-corrected chi connectivity index (χ2v) is 8.65. The van der Waals surface area contributed by atoms with Gasteiger partial charge in [-0.2, -0.15) is 0 Å². The molecule has 35 heavy (non-hydrogen) atoms. The number of ether oxygens (including phenoxy) is 2. The first-order valence-electron chi connectivity index (χ1n) is 10.9. The van der Waals surface area contributed by atoms with Gasteiger partial charge in [0.1, 0.15) is 17.0 Å². The van der Waals surface area contributed by atoms with Crippen molar-refractivity contribution < 1.29 is 23.9 Å². The standard InChI is InChI=1S/C24H26Cl2N4O5/c1-14(2)35-11-5-10-27-23(32)24(33)29-30-19(12-15-6-4-7-20(34-3)21(15)30)22(31)28-18-9-8-16(25)13-17(18)26/h4,6-9,12-14H,5,10-11H2,1-3H3,(H,27,32)(H,28,31)(H,29,33). The van der Waals surface area contributed by atoms with Crippen molar-refractivity contribution in [3.8, 4) is 5.75 Å². The minimum atomic E-state index is -0.947. The maximum absolute atomic E-state index is 13.2. The second kappa shape index (κ2) is 11.9. The number of carbonyl (C=O) groups is 3. The molecule has 1 aromatic heterocycles. The van der Waals surface area contributed by atoms with E-state index in [1.807, 2.05) is 13.8 Å². The summed E-state index contributed by atoms with van der Waals surface area (Å²) in [5, 5.41) is 6.51. The van der Waals surface area contributed by atoms with Crippen LogP contribution in [0.1, 0.15) is 30.8 Å². The molecule has 1 heterocycles. The number of nitrogens with one attached hydrogen (secondary N) is 3. The van der Waals surface area contributed by atoms with E-state index in [-0.39, 0.29) is 23.4 Å². The van der Waals surface area contributed by atoms with Gasteiger partial charge in [-0.3, -0.25) is 19.8 Å². The first-order valence-corrected chi connectivity index (χ1v) is 11.6. The molecule has 186 valence electrons. The van der Waals surface area contributed by atoms with Gasteiger partial charge in [0.15, 0.2) is 0 Å². The summed E-state index contributed by atoms with van der Waals surface area (Å²) in [5.74, 6) is -1.97. The monoisotopic (exact) mass is 520 g/mol. The molecule has 0 spiro atoms. The van der Waals surface area contributed by atoms with E-state index in [9.17, 15) is 14.4 Å². The number of fused-ring (bicyclic) bond motifs is 1. The zero-order valence-electron chi connectivity index (χ0n) is 19.5. The molecule has 0 bridgehead atoms. The zero-order chi connectivity index (χ0) is 25.5. The van der Waals surface area contributed by atoms with Gasteiger partial charge in [-0.05, 0) is 50.6 Å². The van der Waals surface area contributed by atoms with Crippen LogP contribution in [-0.2, 0) is 14.3 Å². The number of hydrogen-bond donors (Lipinski definition) is 3. The van der Waals surface area contributed by atoms with Gasteiger partial charge in [0.05, 0.1) is 23.9 Å². The lowest BCUT2D eigenvalue weighted by molar-refractivity contribution is -0.136. The van der Waals surface area contributed by atoms with Crippen LogP contribution in [0.2, 0.25) is 10.0 Å². The van der Waals surface area contributed by atoms with Gasteiger partial charge in [-0.1, -0.05) is 35.3 Å². The van der Waals surface area contributed by atoms with Gasteiger partial charge < -0.3 is 20.1 Å². The minimum Gasteiger partial charge on any atom is -0.494 e. The third-order valence-corrected chi connectivity index (χ3v) is 5.44. The third kappa shape index (κ3) is 6.66.